The molecule has 1 amide bonds. The van der Waals surface area contributed by atoms with Crippen LogP contribution in [0.1, 0.15) is 41.3 Å². The van der Waals surface area contributed by atoms with Crippen molar-refractivity contribution in [2.45, 2.75) is 19.8 Å². The van der Waals surface area contributed by atoms with Crippen molar-refractivity contribution in [2.24, 2.45) is 11.0 Å². The van der Waals surface area contributed by atoms with Gasteiger partial charge in [-0.3, -0.25) is 4.79 Å². The first-order valence-electron chi connectivity index (χ1n) is 10.3. The van der Waals surface area contributed by atoms with Crippen LogP contribution in [0.5, 0.6) is 0 Å². The highest BCUT2D eigenvalue weighted by Crippen LogP contribution is 2.40. The number of anilines is 1. The second kappa shape index (κ2) is 9.05. The zero-order valence-corrected chi connectivity index (χ0v) is 19.9. The number of nitrogens with zero attached hydrogens (tertiary/aromatic N) is 3. The van der Waals surface area contributed by atoms with Gasteiger partial charge in [-0.25, -0.2) is 22.5 Å². The quantitative estimate of drug-likeness (QED) is 0.668. The third-order valence-corrected chi connectivity index (χ3v) is 6.39. The molecule has 2 aromatic rings. The number of hydrazone groups is 1. The number of fused-ring (bicyclic) bond motifs is 1. The van der Waals surface area contributed by atoms with E-state index >= 15 is 0 Å². The Hall–Kier alpha value is -3.48. The van der Waals surface area contributed by atoms with Gasteiger partial charge in [0.15, 0.2) is 0 Å². The normalized spacial score (nSPS) is 17.7. The number of nitrogens with one attached hydrogen (secondary N) is 1. The number of allylic oxidation sites excluding steroid dienone is 4. The number of carbonyl (C=O) groups excluding carboxylic acids is 1. The maximum atomic E-state index is 14.8. The maximum Gasteiger partial charge on any atom is 0.264 e. The van der Waals surface area contributed by atoms with E-state index in [2.05, 4.69) is 0 Å². The monoisotopic (exact) mass is 498 g/mol. The van der Waals surface area contributed by atoms with Crippen molar-refractivity contribution < 1.29 is 17.6 Å². The SMILES string of the molecule is CC1=CC=C2C(CC1)C(c1ccc(Cl)cc1F)=NN2c1ccc(C(=O)NS(C)(=O)=O)cc1C#N. The topological polar surface area (TPSA) is 103 Å². The molecule has 0 bridgehead atoms. The molecule has 0 aromatic heterocycles. The van der Waals surface area contributed by atoms with E-state index in [0.717, 1.165) is 23.9 Å². The predicted octanol–water partition coefficient (Wildman–Crippen LogP) is 4.50. The fourth-order valence-corrected chi connectivity index (χ4v) is 4.60. The van der Waals surface area contributed by atoms with Crippen molar-refractivity contribution in [2.75, 3.05) is 11.3 Å². The van der Waals surface area contributed by atoms with Gasteiger partial charge in [0.25, 0.3) is 5.91 Å². The van der Waals surface area contributed by atoms with E-state index in [0.29, 0.717) is 23.4 Å². The van der Waals surface area contributed by atoms with Crippen LogP contribution in [0.4, 0.5) is 10.1 Å². The highest BCUT2D eigenvalue weighted by atomic mass is 35.5. The summed E-state index contributed by atoms with van der Waals surface area (Å²) >= 11 is 5.93. The van der Waals surface area contributed by atoms with Crippen LogP contribution in [0.2, 0.25) is 5.02 Å². The molecule has 0 radical (unpaired) electrons. The van der Waals surface area contributed by atoms with Gasteiger partial charge < -0.3 is 0 Å². The molecule has 0 saturated carbocycles. The van der Waals surface area contributed by atoms with Crippen LogP contribution in [-0.4, -0.2) is 26.3 Å². The van der Waals surface area contributed by atoms with Crippen LogP contribution >= 0.6 is 11.6 Å². The number of amides is 1. The van der Waals surface area contributed by atoms with Gasteiger partial charge in [0.05, 0.1) is 28.9 Å². The first kappa shape index (κ1) is 23.7. The minimum absolute atomic E-state index is 0.0139. The van der Waals surface area contributed by atoms with Crippen molar-refractivity contribution in [3.05, 3.63) is 87.4 Å². The molecule has 0 fully saturated rings. The molecule has 1 aliphatic heterocycles. The Morgan fingerprint density at radius 1 is 1.26 bits per heavy atom. The van der Waals surface area contributed by atoms with E-state index in [9.17, 15) is 22.9 Å². The number of halogens is 2. The van der Waals surface area contributed by atoms with Crippen LogP contribution < -0.4 is 9.73 Å². The van der Waals surface area contributed by atoms with Crippen molar-refractivity contribution in [1.29, 1.82) is 5.26 Å². The van der Waals surface area contributed by atoms with Gasteiger partial charge in [0.2, 0.25) is 10.0 Å². The number of hydrogen-bond donors (Lipinski definition) is 1. The number of sulfonamides is 1. The van der Waals surface area contributed by atoms with Gasteiger partial charge in [-0.2, -0.15) is 10.4 Å². The molecule has 7 nitrogen and oxygen atoms in total. The lowest BCUT2D eigenvalue weighted by Gasteiger charge is -2.21. The zero-order chi connectivity index (χ0) is 24.6. The molecule has 4 rings (SSSR count). The number of carbonyl (C=O) groups is 1. The minimum Gasteiger partial charge on any atom is -0.268 e. The molecule has 1 N–H and O–H groups in total. The van der Waals surface area contributed by atoms with Crippen LogP contribution in [0, 0.1) is 23.1 Å². The second-order valence-corrected chi connectivity index (χ2v) is 10.3. The van der Waals surface area contributed by atoms with Crippen molar-refractivity contribution >= 4 is 38.9 Å². The standard InChI is InChI=1S/C24H20ClFN4O3S/c1-14-3-7-19-22(9-4-14)30(28-23(19)18-8-6-17(25)12-20(18)26)21-10-5-15(11-16(21)13-27)24(31)29-34(2,32)33/h4-6,8-12,19H,3,7H2,1-2H3,(H,29,31). The molecule has 10 heteroatoms. The fraction of sp³-hybridized carbons (Fsp3) is 0.208. The van der Waals surface area contributed by atoms with E-state index in [4.69, 9.17) is 16.7 Å². The molecule has 0 saturated heterocycles. The van der Waals surface area contributed by atoms with Crippen LogP contribution in [-0.2, 0) is 10.0 Å². The Morgan fingerprint density at radius 3 is 2.71 bits per heavy atom. The average Bonchev–Trinajstić information content (AvgIpc) is 3.00. The lowest BCUT2D eigenvalue weighted by Crippen LogP contribution is -2.29. The molecular formula is C24H20ClFN4O3S. The third-order valence-electron chi connectivity index (χ3n) is 5.60. The number of rotatable bonds is 4. The maximum absolute atomic E-state index is 14.8. The number of benzene rings is 2. The third kappa shape index (κ3) is 4.74. The van der Waals surface area contributed by atoms with Crippen LogP contribution in [0.15, 0.2) is 64.9 Å². The van der Waals surface area contributed by atoms with E-state index in [1.54, 1.807) is 17.1 Å². The Kier molecular flexibility index (Phi) is 6.30. The molecule has 1 atom stereocenters. The van der Waals surface area contributed by atoms with E-state index in [1.165, 1.54) is 24.3 Å². The summed E-state index contributed by atoms with van der Waals surface area (Å²) in [5.74, 6) is -1.55. The van der Waals surface area contributed by atoms with Crippen molar-refractivity contribution in [3.63, 3.8) is 0 Å². The second-order valence-electron chi connectivity index (χ2n) is 8.16. The summed E-state index contributed by atoms with van der Waals surface area (Å²) in [5, 5.41) is 16.3. The first-order chi connectivity index (χ1) is 16.1. The van der Waals surface area contributed by atoms with Gasteiger partial charge in [-0.05, 0) is 62.2 Å². The first-order valence-corrected chi connectivity index (χ1v) is 12.6. The molecule has 2 aromatic carbocycles. The largest absolute Gasteiger partial charge is 0.268 e. The molecule has 1 aliphatic carbocycles. The molecule has 0 spiro atoms. The summed E-state index contributed by atoms with van der Waals surface area (Å²) < 4.78 is 39.5. The van der Waals surface area contributed by atoms with Gasteiger partial charge in [-0.1, -0.05) is 23.3 Å². The van der Waals surface area contributed by atoms with Gasteiger partial charge in [0, 0.05) is 22.1 Å². The van der Waals surface area contributed by atoms with E-state index in [-0.39, 0.29) is 22.1 Å². The zero-order valence-electron chi connectivity index (χ0n) is 18.3. The summed E-state index contributed by atoms with van der Waals surface area (Å²) in [5.41, 5.74) is 3.30. The van der Waals surface area contributed by atoms with E-state index < -0.39 is 21.7 Å². The van der Waals surface area contributed by atoms with Crippen LogP contribution in [0.25, 0.3) is 0 Å². The predicted molar refractivity (Wildman–Crippen MR) is 128 cm³/mol. The van der Waals surface area contributed by atoms with Gasteiger partial charge in [0.1, 0.15) is 11.9 Å². The molecule has 1 unspecified atom stereocenters. The lowest BCUT2D eigenvalue weighted by atomic mass is 9.90. The fourth-order valence-electron chi connectivity index (χ4n) is 3.99. The summed E-state index contributed by atoms with van der Waals surface area (Å²) in [7, 11) is -3.76. The summed E-state index contributed by atoms with van der Waals surface area (Å²) in [6.45, 7) is 2.01. The highest BCUT2D eigenvalue weighted by molar-refractivity contribution is 7.89. The summed E-state index contributed by atoms with van der Waals surface area (Å²) in [6.07, 6.45) is 6.24. The van der Waals surface area contributed by atoms with Gasteiger partial charge in [-0.15, -0.1) is 0 Å². The molecule has 2 aliphatic rings. The number of nitriles is 1. The number of hydrogen-bond acceptors (Lipinski definition) is 6. The van der Waals surface area contributed by atoms with Gasteiger partial charge >= 0.3 is 0 Å². The Labute approximate surface area is 201 Å². The van der Waals surface area contributed by atoms with E-state index in [1.807, 2.05) is 29.9 Å². The minimum atomic E-state index is -3.76. The lowest BCUT2D eigenvalue weighted by molar-refractivity contribution is 0.0981. The molecular weight excluding hydrogens is 479 g/mol. The van der Waals surface area contributed by atoms with Crippen molar-refractivity contribution in [3.8, 4) is 6.07 Å². The highest BCUT2D eigenvalue weighted by Gasteiger charge is 2.36. The van der Waals surface area contributed by atoms with Crippen molar-refractivity contribution in [1.82, 2.24) is 4.72 Å². The summed E-state index contributed by atoms with van der Waals surface area (Å²) in [6, 6.07) is 10.7. The Balaban J connectivity index is 1.82. The molecule has 1 heterocycles. The van der Waals surface area contributed by atoms with Crippen LogP contribution in [0.3, 0.4) is 0 Å². The Bertz CT molecular complexity index is 1440. The smallest absolute Gasteiger partial charge is 0.264 e. The average molecular weight is 499 g/mol. The molecule has 174 valence electrons. The Morgan fingerprint density at radius 2 is 2.03 bits per heavy atom. The molecule has 34 heavy (non-hydrogen) atoms. The summed E-state index contributed by atoms with van der Waals surface area (Å²) in [4.78, 5) is 12.3.